The highest BCUT2D eigenvalue weighted by atomic mass is 19.4. The molecule has 0 saturated carbocycles. The number of halogens is 3. The second-order valence-corrected chi connectivity index (χ2v) is 9.66. The zero-order chi connectivity index (χ0) is 28.6. The van der Waals surface area contributed by atoms with Crippen molar-refractivity contribution in [3.63, 3.8) is 0 Å². The van der Waals surface area contributed by atoms with E-state index in [9.17, 15) is 23.1 Å². The lowest BCUT2D eigenvalue weighted by atomic mass is 10.1. The Morgan fingerprint density at radius 1 is 1.20 bits per heavy atom. The molecule has 12 heteroatoms. The second kappa shape index (κ2) is 10.8. The fraction of sp³-hybridized carbons (Fsp3) is 0.321. The van der Waals surface area contributed by atoms with Crippen molar-refractivity contribution in [3.8, 4) is 17.2 Å². The molecule has 1 fully saturated rings. The average Bonchev–Trinajstić information content (AvgIpc) is 3.57. The van der Waals surface area contributed by atoms with Crippen molar-refractivity contribution < 1.29 is 32.2 Å². The van der Waals surface area contributed by atoms with Gasteiger partial charge in [0.25, 0.3) is 5.91 Å². The SMILES string of the molecule is COc1ccc(-c2nc(C(=O)NCc3ccc(N4CC[C@H](O)C4)cc3)c([C@H](C)N)o2)c2ccc(C(F)(F)F)nc12. The van der Waals surface area contributed by atoms with Crippen molar-refractivity contribution in [2.75, 3.05) is 25.1 Å². The molecule has 1 amide bonds. The zero-order valence-corrected chi connectivity index (χ0v) is 21.8. The summed E-state index contributed by atoms with van der Waals surface area (Å²) < 4.78 is 51.0. The van der Waals surface area contributed by atoms with Gasteiger partial charge in [-0.15, -0.1) is 0 Å². The fourth-order valence-corrected chi connectivity index (χ4v) is 4.69. The van der Waals surface area contributed by atoms with Gasteiger partial charge >= 0.3 is 6.18 Å². The molecule has 40 heavy (non-hydrogen) atoms. The van der Waals surface area contributed by atoms with E-state index < -0.39 is 23.8 Å². The van der Waals surface area contributed by atoms with Crippen molar-refractivity contribution in [2.24, 2.45) is 5.73 Å². The highest BCUT2D eigenvalue weighted by Gasteiger charge is 2.33. The molecule has 0 radical (unpaired) electrons. The number of alkyl halides is 3. The van der Waals surface area contributed by atoms with Gasteiger partial charge in [-0.25, -0.2) is 9.97 Å². The average molecular weight is 556 g/mol. The van der Waals surface area contributed by atoms with E-state index in [1.54, 1.807) is 13.0 Å². The highest BCUT2D eigenvalue weighted by molar-refractivity contribution is 5.98. The van der Waals surface area contributed by atoms with Gasteiger partial charge in [0, 0.05) is 36.3 Å². The van der Waals surface area contributed by atoms with E-state index in [0.717, 1.165) is 30.3 Å². The number of nitrogens with one attached hydrogen (secondary N) is 1. The maximum absolute atomic E-state index is 13.3. The van der Waals surface area contributed by atoms with Gasteiger partial charge in [0.2, 0.25) is 5.89 Å². The highest BCUT2D eigenvalue weighted by Crippen LogP contribution is 2.37. The number of hydrogen-bond donors (Lipinski definition) is 3. The zero-order valence-electron chi connectivity index (χ0n) is 21.8. The Kier molecular flexibility index (Phi) is 7.39. The topological polar surface area (TPSA) is 127 Å². The van der Waals surface area contributed by atoms with Gasteiger partial charge in [-0.3, -0.25) is 4.79 Å². The predicted octanol–water partition coefficient (Wildman–Crippen LogP) is 4.44. The normalized spacial score (nSPS) is 16.4. The molecule has 5 rings (SSSR count). The number of pyridine rings is 1. The monoisotopic (exact) mass is 555 g/mol. The van der Waals surface area contributed by atoms with Crippen LogP contribution in [0.4, 0.5) is 18.9 Å². The molecule has 2 aromatic heterocycles. The summed E-state index contributed by atoms with van der Waals surface area (Å²) in [5.74, 6) is -0.207. The maximum Gasteiger partial charge on any atom is 0.433 e. The first-order valence-electron chi connectivity index (χ1n) is 12.7. The Bertz CT molecular complexity index is 1540. The molecule has 1 aliphatic rings. The Morgan fingerprint density at radius 2 is 1.95 bits per heavy atom. The van der Waals surface area contributed by atoms with Crippen LogP contribution >= 0.6 is 0 Å². The molecule has 1 saturated heterocycles. The number of ether oxygens (including phenoxy) is 1. The number of oxazole rings is 1. The van der Waals surface area contributed by atoms with E-state index in [2.05, 4.69) is 20.2 Å². The summed E-state index contributed by atoms with van der Waals surface area (Å²) in [6.07, 6.45) is -4.23. The number of carbonyl (C=O) groups excluding carboxylic acids is 1. The molecular weight excluding hydrogens is 527 g/mol. The number of hydrogen-bond acceptors (Lipinski definition) is 8. The molecule has 4 aromatic rings. The summed E-state index contributed by atoms with van der Waals surface area (Å²) in [6, 6.07) is 12.2. The molecule has 3 heterocycles. The molecule has 1 aliphatic heterocycles. The van der Waals surface area contributed by atoms with Crippen LogP contribution in [-0.2, 0) is 12.7 Å². The second-order valence-electron chi connectivity index (χ2n) is 9.66. The number of nitrogens with zero attached hydrogens (tertiary/aromatic N) is 3. The predicted molar refractivity (Wildman–Crippen MR) is 142 cm³/mol. The Morgan fingerprint density at radius 3 is 2.58 bits per heavy atom. The van der Waals surface area contributed by atoms with Gasteiger partial charge in [-0.05, 0) is 55.3 Å². The van der Waals surface area contributed by atoms with Crippen LogP contribution in [0.5, 0.6) is 5.75 Å². The van der Waals surface area contributed by atoms with Gasteiger partial charge in [0.05, 0.1) is 19.3 Å². The summed E-state index contributed by atoms with van der Waals surface area (Å²) in [6.45, 7) is 3.23. The van der Waals surface area contributed by atoms with Gasteiger partial charge in [0.15, 0.2) is 11.5 Å². The number of benzene rings is 2. The third kappa shape index (κ3) is 5.45. The van der Waals surface area contributed by atoms with Crippen molar-refractivity contribution in [1.82, 2.24) is 15.3 Å². The van der Waals surface area contributed by atoms with E-state index in [1.807, 2.05) is 24.3 Å². The summed E-state index contributed by atoms with van der Waals surface area (Å²) in [5, 5.41) is 12.9. The number of aromatic nitrogens is 2. The quantitative estimate of drug-likeness (QED) is 0.306. The summed E-state index contributed by atoms with van der Waals surface area (Å²) in [7, 11) is 1.34. The minimum atomic E-state index is -4.64. The number of rotatable bonds is 7. The molecule has 0 unspecified atom stereocenters. The molecular formula is C28H28F3N5O4. The van der Waals surface area contributed by atoms with E-state index >= 15 is 0 Å². The first-order chi connectivity index (χ1) is 19.0. The van der Waals surface area contributed by atoms with Crippen LogP contribution in [0.1, 0.15) is 46.9 Å². The lowest BCUT2D eigenvalue weighted by molar-refractivity contribution is -0.140. The number of β-amino-alcohol motifs (C(OH)–C–C–N with tert-alkyl or cyclic N) is 1. The van der Waals surface area contributed by atoms with E-state index in [0.29, 0.717) is 17.5 Å². The van der Waals surface area contributed by atoms with E-state index in [-0.39, 0.29) is 41.3 Å². The van der Waals surface area contributed by atoms with Crippen LogP contribution in [0.3, 0.4) is 0 Å². The van der Waals surface area contributed by atoms with Crippen molar-refractivity contribution >= 4 is 22.5 Å². The summed E-state index contributed by atoms with van der Waals surface area (Å²) in [4.78, 5) is 23.4. The molecule has 0 bridgehead atoms. The molecule has 0 spiro atoms. The van der Waals surface area contributed by atoms with Crippen LogP contribution in [0.15, 0.2) is 52.9 Å². The van der Waals surface area contributed by atoms with Crippen molar-refractivity contribution in [1.29, 1.82) is 0 Å². The third-order valence-corrected chi connectivity index (χ3v) is 6.76. The molecule has 2 aromatic carbocycles. The Balaban J connectivity index is 1.40. The van der Waals surface area contributed by atoms with Crippen LogP contribution in [0, 0.1) is 0 Å². The Hall–Kier alpha value is -4.16. The molecule has 2 atom stereocenters. The third-order valence-electron chi connectivity index (χ3n) is 6.76. The van der Waals surface area contributed by atoms with Crippen molar-refractivity contribution in [3.05, 3.63) is 71.2 Å². The minimum Gasteiger partial charge on any atom is -0.494 e. The van der Waals surface area contributed by atoms with Gasteiger partial charge in [-0.2, -0.15) is 13.2 Å². The van der Waals surface area contributed by atoms with Crippen LogP contribution in [0.25, 0.3) is 22.4 Å². The van der Waals surface area contributed by atoms with E-state index in [4.69, 9.17) is 14.9 Å². The van der Waals surface area contributed by atoms with E-state index in [1.165, 1.54) is 19.2 Å². The van der Waals surface area contributed by atoms with Crippen molar-refractivity contribution in [2.45, 2.75) is 38.2 Å². The van der Waals surface area contributed by atoms with Gasteiger partial charge in [0.1, 0.15) is 17.0 Å². The number of amides is 1. The molecule has 210 valence electrons. The number of aliphatic hydroxyl groups excluding tert-OH is 1. The lowest BCUT2D eigenvalue weighted by Gasteiger charge is -2.18. The number of anilines is 1. The largest absolute Gasteiger partial charge is 0.494 e. The number of nitrogens with two attached hydrogens (primary N) is 1. The summed E-state index contributed by atoms with van der Waals surface area (Å²) >= 11 is 0. The van der Waals surface area contributed by atoms with Crippen LogP contribution < -0.4 is 20.7 Å². The van der Waals surface area contributed by atoms with Gasteiger partial charge in [-0.1, -0.05) is 12.1 Å². The lowest BCUT2D eigenvalue weighted by Crippen LogP contribution is -2.25. The Labute approximate surface area is 227 Å². The standard InChI is InChI=1S/C28H28F3N5O4/c1-15(32)25-24(26(38)33-13-16-3-5-17(6-4-16)36-12-11-18(37)14-36)35-27(40-25)20-7-9-21(39-2)23-19(20)8-10-22(34-23)28(29,30)31/h3-10,15,18,37H,11-14,32H2,1-2H3,(H,33,38)/t15-,18-/m0/s1. The molecule has 9 nitrogen and oxygen atoms in total. The minimum absolute atomic E-state index is 0.0171. The first kappa shape index (κ1) is 27.4. The van der Waals surface area contributed by atoms with Crippen LogP contribution in [-0.4, -0.2) is 47.3 Å². The van der Waals surface area contributed by atoms with Crippen LogP contribution in [0.2, 0.25) is 0 Å². The number of methoxy groups -OCH3 is 1. The maximum atomic E-state index is 13.3. The number of fused-ring (bicyclic) bond motifs is 1. The van der Waals surface area contributed by atoms with Gasteiger partial charge < -0.3 is 30.2 Å². The molecule has 4 N–H and O–H groups in total. The fourth-order valence-electron chi connectivity index (χ4n) is 4.69. The number of carbonyl (C=O) groups is 1. The molecule has 0 aliphatic carbocycles. The summed E-state index contributed by atoms with van der Waals surface area (Å²) in [5.41, 5.74) is 7.15. The smallest absolute Gasteiger partial charge is 0.433 e. The first-order valence-corrected chi connectivity index (χ1v) is 12.7. The number of aliphatic hydroxyl groups is 1.